The molecule has 0 aromatic carbocycles. The molecule has 0 bridgehead atoms. The summed E-state index contributed by atoms with van der Waals surface area (Å²) in [7, 11) is 3.61. The smallest absolute Gasteiger partial charge is 0.276 e. The fraction of sp³-hybridized carbons (Fsp3) is 0.478. The molecule has 4 N–H and O–H groups in total. The van der Waals surface area contributed by atoms with Crippen molar-refractivity contribution in [1.29, 1.82) is 0 Å². The minimum Gasteiger partial charge on any atom is -0.365 e. The van der Waals surface area contributed by atoms with E-state index in [1.54, 1.807) is 18.5 Å². The molecule has 3 aromatic rings. The Balaban J connectivity index is 1.43. The zero-order valence-corrected chi connectivity index (χ0v) is 20.8. The highest BCUT2D eigenvalue weighted by Crippen LogP contribution is 2.35. The number of H-pyrrole nitrogens is 1. The van der Waals surface area contributed by atoms with Gasteiger partial charge in [-0.05, 0) is 31.7 Å². The number of thiophene rings is 1. The lowest BCUT2D eigenvalue weighted by molar-refractivity contribution is 0.0700. The van der Waals surface area contributed by atoms with Crippen LogP contribution in [0.4, 0.5) is 10.9 Å². The first-order valence-corrected chi connectivity index (χ1v) is 13.3. The van der Waals surface area contributed by atoms with Gasteiger partial charge < -0.3 is 25.8 Å². The largest absolute Gasteiger partial charge is 0.365 e. The minimum absolute atomic E-state index is 0.0253. The second kappa shape index (κ2) is 9.38. The van der Waals surface area contributed by atoms with Crippen LogP contribution < -0.4 is 16.0 Å². The zero-order chi connectivity index (χ0) is 23.8. The predicted molar refractivity (Wildman–Crippen MR) is 135 cm³/mol. The number of anilines is 2. The Labute approximate surface area is 205 Å². The number of fused-ring (bicyclic) bond motifs is 1. The highest BCUT2D eigenvalue weighted by molar-refractivity contribution is 7.20. The Kier molecular flexibility index (Phi) is 6.30. The van der Waals surface area contributed by atoms with E-state index in [0.29, 0.717) is 31.6 Å². The maximum absolute atomic E-state index is 13.2. The molecule has 11 heteroatoms. The Morgan fingerprint density at radius 2 is 1.88 bits per heavy atom. The molecule has 0 aliphatic heterocycles. The molecular weight excluding hydrogens is 472 g/mol. The lowest BCUT2D eigenvalue weighted by Gasteiger charge is -2.30. The van der Waals surface area contributed by atoms with Gasteiger partial charge in [-0.15, -0.1) is 22.7 Å². The molecular formula is C23H28N6O3S2. The van der Waals surface area contributed by atoms with Gasteiger partial charge in [-0.3, -0.25) is 14.4 Å². The number of aromatic amines is 1. The van der Waals surface area contributed by atoms with Gasteiger partial charge in [0.05, 0.1) is 10.4 Å². The number of hydrogen-bond donors (Lipinski definition) is 4. The number of carbonyl (C=O) groups is 3. The third-order valence-electron chi connectivity index (χ3n) is 6.47. The van der Waals surface area contributed by atoms with Gasteiger partial charge in [0.25, 0.3) is 17.7 Å². The quantitative estimate of drug-likeness (QED) is 0.386. The van der Waals surface area contributed by atoms with Crippen LogP contribution in [-0.4, -0.2) is 58.8 Å². The molecule has 2 saturated carbocycles. The van der Waals surface area contributed by atoms with Crippen molar-refractivity contribution in [3.8, 4) is 0 Å². The monoisotopic (exact) mass is 500 g/mol. The molecule has 3 amide bonds. The van der Waals surface area contributed by atoms with Gasteiger partial charge in [0, 0.05) is 36.9 Å². The summed E-state index contributed by atoms with van der Waals surface area (Å²) in [4.78, 5) is 49.6. The summed E-state index contributed by atoms with van der Waals surface area (Å²) in [6.07, 6.45) is 7.49. The Morgan fingerprint density at radius 1 is 1.12 bits per heavy atom. The van der Waals surface area contributed by atoms with Gasteiger partial charge in [-0.25, -0.2) is 4.98 Å². The van der Waals surface area contributed by atoms with Crippen LogP contribution in [0.15, 0.2) is 11.4 Å². The highest BCUT2D eigenvalue weighted by atomic mass is 32.1. The van der Waals surface area contributed by atoms with Crippen LogP contribution in [0, 0.1) is 0 Å². The predicted octanol–water partition coefficient (Wildman–Crippen LogP) is 4.28. The summed E-state index contributed by atoms with van der Waals surface area (Å²) >= 11 is 2.64. The highest BCUT2D eigenvalue weighted by Gasteiger charge is 2.30. The van der Waals surface area contributed by atoms with E-state index >= 15 is 0 Å². The van der Waals surface area contributed by atoms with E-state index in [1.807, 2.05) is 11.9 Å². The minimum atomic E-state index is -0.402. The summed E-state index contributed by atoms with van der Waals surface area (Å²) in [6.45, 7) is 0. The maximum Gasteiger partial charge on any atom is 0.276 e. The average molecular weight is 501 g/mol. The molecule has 0 unspecified atom stereocenters. The molecule has 3 heterocycles. The molecule has 0 atom stereocenters. The third kappa shape index (κ3) is 4.54. The second-order valence-corrected chi connectivity index (χ2v) is 10.8. The van der Waals surface area contributed by atoms with E-state index in [2.05, 4.69) is 25.9 Å². The maximum atomic E-state index is 13.2. The van der Waals surface area contributed by atoms with Crippen LogP contribution >= 0.6 is 22.7 Å². The van der Waals surface area contributed by atoms with Crippen molar-refractivity contribution in [2.75, 3.05) is 24.7 Å². The number of thiazole rings is 1. The molecule has 34 heavy (non-hydrogen) atoms. The topological polar surface area (TPSA) is 119 Å². The van der Waals surface area contributed by atoms with Gasteiger partial charge in [0.2, 0.25) is 0 Å². The molecule has 0 spiro atoms. The first-order chi connectivity index (χ1) is 16.4. The van der Waals surface area contributed by atoms with E-state index in [4.69, 9.17) is 0 Å². The molecule has 5 rings (SSSR count). The summed E-state index contributed by atoms with van der Waals surface area (Å²) in [5.74, 6) is -0.359. The van der Waals surface area contributed by atoms with Crippen molar-refractivity contribution < 1.29 is 14.4 Å². The van der Waals surface area contributed by atoms with Crippen molar-refractivity contribution in [3.63, 3.8) is 0 Å². The third-order valence-corrected chi connectivity index (χ3v) is 8.37. The zero-order valence-electron chi connectivity index (χ0n) is 19.2. The van der Waals surface area contributed by atoms with E-state index in [-0.39, 0.29) is 29.6 Å². The van der Waals surface area contributed by atoms with E-state index in [9.17, 15) is 14.4 Å². The van der Waals surface area contributed by atoms with Crippen molar-refractivity contribution in [1.82, 2.24) is 20.2 Å². The molecule has 2 aliphatic carbocycles. The Hall–Kier alpha value is -2.92. The normalized spacial score (nSPS) is 16.4. The number of amides is 3. The van der Waals surface area contributed by atoms with Crippen LogP contribution in [-0.2, 0) is 0 Å². The van der Waals surface area contributed by atoms with Crippen LogP contribution in [0.1, 0.15) is 75.5 Å². The van der Waals surface area contributed by atoms with Crippen molar-refractivity contribution in [3.05, 3.63) is 27.6 Å². The molecule has 180 valence electrons. The van der Waals surface area contributed by atoms with Crippen molar-refractivity contribution in [2.45, 2.75) is 57.0 Å². The number of rotatable bonds is 7. The standard InChI is InChI=1S/C23H28N6O3S2/c1-24-23-26-15(11-33-23)19(30)27-18-17(20(31)25-12-8-9-12)14-10-16(34-21(14)28-18)22(32)29(2)13-6-4-3-5-7-13/h10-13,28H,3-9H2,1-2H3,(H,24,26)(H,25,31)(H,27,30). The van der Waals surface area contributed by atoms with Crippen LogP contribution in [0.5, 0.6) is 0 Å². The van der Waals surface area contributed by atoms with Crippen LogP contribution in [0.25, 0.3) is 10.2 Å². The lowest BCUT2D eigenvalue weighted by atomic mass is 9.94. The molecule has 0 saturated heterocycles. The SMILES string of the molecule is CNc1nc(C(=O)Nc2[nH]c3sc(C(=O)N(C)C4CCCCC4)cc3c2C(=O)NC2CC2)cs1. The average Bonchev–Trinajstić information content (AvgIpc) is 3.23. The number of nitrogens with zero attached hydrogens (tertiary/aromatic N) is 2. The second-order valence-electron chi connectivity index (χ2n) is 8.93. The number of hydrogen-bond acceptors (Lipinski definition) is 7. The number of aromatic nitrogens is 2. The van der Waals surface area contributed by atoms with Gasteiger partial charge >= 0.3 is 0 Å². The van der Waals surface area contributed by atoms with Crippen molar-refractivity contribution >= 4 is 61.6 Å². The summed E-state index contributed by atoms with van der Waals surface area (Å²) in [5, 5.41) is 11.7. The molecule has 3 aromatic heterocycles. The van der Waals surface area contributed by atoms with Gasteiger partial charge in [0.1, 0.15) is 16.3 Å². The van der Waals surface area contributed by atoms with E-state index in [1.165, 1.54) is 29.1 Å². The first kappa shape index (κ1) is 22.9. The molecule has 0 radical (unpaired) electrons. The van der Waals surface area contributed by atoms with Gasteiger partial charge in [-0.1, -0.05) is 19.3 Å². The van der Waals surface area contributed by atoms with Gasteiger partial charge in [-0.2, -0.15) is 0 Å². The molecule has 2 aliphatic rings. The fourth-order valence-electron chi connectivity index (χ4n) is 4.38. The van der Waals surface area contributed by atoms with Crippen molar-refractivity contribution in [2.24, 2.45) is 0 Å². The number of carbonyl (C=O) groups excluding carboxylic acids is 3. The fourth-order valence-corrected chi connectivity index (χ4v) is 6.08. The summed E-state index contributed by atoms with van der Waals surface area (Å²) in [5.41, 5.74) is 0.626. The summed E-state index contributed by atoms with van der Waals surface area (Å²) < 4.78 is 0. The Bertz CT molecular complexity index is 1230. The van der Waals surface area contributed by atoms with Crippen LogP contribution in [0.3, 0.4) is 0 Å². The van der Waals surface area contributed by atoms with E-state index < -0.39 is 5.91 Å². The van der Waals surface area contributed by atoms with Crippen LogP contribution in [0.2, 0.25) is 0 Å². The lowest BCUT2D eigenvalue weighted by Crippen LogP contribution is -2.37. The summed E-state index contributed by atoms with van der Waals surface area (Å²) in [6, 6.07) is 2.20. The molecule has 9 nitrogen and oxygen atoms in total. The first-order valence-electron chi connectivity index (χ1n) is 11.6. The number of nitrogens with one attached hydrogen (secondary N) is 4. The van der Waals surface area contributed by atoms with E-state index in [0.717, 1.165) is 38.5 Å². The Morgan fingerprint density at radius 3 is 2.56 bits per heavy atom. The molecule has 2 fully saturated rings. The van der Waals surface area contributed by atoms with Gasteiger partial charge in [0.15, 0.2) is 5.13 Å².